The van der Waals surface area contributed by atoms with Crippen molar-refractivity contribution in [2.24, 2.45) is 0 Å². The summed E-state index contributed by atoms with van der Waals surface area (Å²) in [5.41, 5.74) is 4.20. The van der Waals surface area contributed by atoms with Crippen LogP contribution in [0.15, 0.2) is 36.8 Å². The van der Waals surface area contributed by atoms with Gasteiger partial charge in [0, 0.05) is 36.3 Å². The van der Waals surface area contributed by atoms with E-state index in [2.05, 4.69) is 9.97 Å². The van der Waals surface area contributed by atoms with E-state index in [-0.39, 0.29) is 17.1 Å². The second-order valence-corrected chi connectivity index (χ2v) is 10.5. The Morgan fingerprint density at radius 3 is 2.72 bits per heavy atom. The second-order valence-electron chi connectivity index (χ2n) is 8.21. The topological polar surface area (TPSA) is 85.2 Å². The van der Waals surface area contributed by atoms with Gasteiger partial charge in [-0.15, -0.1) is 0 Å². The molecule has 1 saturated carbocycles. The Bertz CT molecular complexity index is 1260. The van der Waals surface area contributed by atoms with Crippen LogP contribution in [0.25, 0.3) is 11.0 Å². The zero-order valence-electron chi connectivity index (χ0n) is 16.4. The van der Waals surface area contributed by atoms with Crippen LogP contribution in [0.5, 0.6) is 0 Å². The SMILES string of the molecule is Cc1cnc2c(c1)cc(CN1C(=O)C3(CC3)c3ccncc31)n2CCS(C)(=O)=O. The fraction of sp³-hybridized carbons (Fsp3) is 0.381. The van der Waals surface area contributed by atoms with Gasteiger partial charge in [0.15, 0.2) is 0 Å². The molecule has 0 radical (unpaired) electrons. The maximum atomic E-state index is 13.2. The van der Waals surface area contributed by atoms with E-state index in [1.165, 1.54) is 6.26 Å². The Labute approximate surface area is 169 Å². The fourth-order valence-corrected chi connectivity index (χ4v) is 4.88. The molecule has 2 aliphatic rings. The second kappa shape index (κ2) is 6.13. The van der Waals surface area contributed by atoms with E-state index in [9.17, 15) is 13.2 Å². The van der Waals surface area contributed by atoms with Gasteiger partial charge >= 0.3 is 0 Å². The molecule has 4 heterocycles. The molecule has 0 N–H and O–H groups in total. The third kappa shape index (κ3) is 2.93. The highest BCUT2D eigenvalue weighted by Crippen LogP contribution is 2.57. The van der Waals surface area contributed by atoms with Crippen molar-refractivity contribution in [2.45, 2.75) is 38.3 Å². The standard InChI is InChI=1S/C21H22N4O3S/c1-14-9-15-10-16(24(19(15)23-11-14)7-8-29(2,27)28)13-25-18-12-22-6-3-17(18)21(4-5-21)20(25)26/h3,6,9-12H,4-5,7-8,13H2,1-2H3. The van der Waals surface area contributed by atoms with Crippen LogP contribution in [0.3, 0.4) is 0 Å². The van der Waals surface area contributed by atoms with E-state index in [0.717, 1.165) is 46.4 Å². The van der Waals surface area contributed by atoms with Gasteiger partial charge in [-0.2, -0.15) is 0 Å². The quantitative estimate of drug-likeness (QED) is 0.645. The molecule has 150 valence electrons. The first-order chi connectivity index (χ1) is 13.8. The number of carbonyl (C=O) groups excluding carboxylic acids is 1. The molecule has 1 aliphatic carbocycles. The lowest BCUT2D eigenvalue weighted by Gasteiger charge is -2.19. The van der Waals surface area contributed by atoms with E-state index in [1.54, 1.807) is 23.5 Å². The summed E-state index contributed by atoms with van der Waals surface area (Å²) < 4.78 is 25.5. The summed E-state index contributed by atoms with van der Waals surface area (Å²) in [4.78, 5) is 23.8. The molecule has 1 amide bonds. The van der Waals surface area contributed by atoms with Gasteiger partial charge in [-0.25, -0.2) is 13.4 Å². The van der Waals surface area contributed by atoms with E-state index in [0.29, 0.717) is 13.1 Å². The van der Waals surface area contributed by atoms with E-state index >= 15 is 0 Å². The Morgan fingerprint density at radius 2 is 2.00 bits per heavy atom. The maximum Gasteiger partial charge on any atom is 0.238 e. The fourth-order valence-electron chi connectivity index (χ4n) is 4.36. The van der Waals surface area contributed by atoms with Gasteiger partial charge in [0.25, 0.3) is 0 Å². The Morgan fingerprint density at radius 1 is 1.21 bits per heavy atom. The number of aromatic nitrogens is 3. The molecule has 3 aromatic rings. The molecule has 3 aromatic heterocycles. The maximum absolute atomic E-state index is 13.2. The molecule has 0 aromatic carbocycles. The molecule has 0 atom stereocenters. The van der Waals surface area contributed by atoms with Gasteiger partial charge in [-0.1, -0.05) is 0 Å². The Kier molecular flexibility index (Phi) is 3.87. The molecule has 0 unspecified atom stereocenters. The number of fused-ring (bicyclic) bond motifs is 3. The molecule has 8 heteroatoms. The smallest absolute Gasteiger partial charge is 0.238 e. The predicted molar refractivity (Wildman–Crippen MR) is 111 cm³/mol. The van der Waals surface area contributed by atoms with Gasteiger partial charge in [0.2, 0.25) is 5.91 Å². The van der Waals surface area contributed by atoms with Crippen LogP contribution < -0.4 is 4.90 Å². The van der Waals surface area contributed by atoms with Crippen molar-refractivity contribution in [1.82, 2.24) is 14.5 Å². The summed E-state index contributed by atoms with van der Waals surface area (Å²) in [5.74, 6) is 0.139. The average Bonchev–Trinajstić information content (AvgIpc) is 3.36. The molecular weight excluding hydrogens is 388 g/mol. The minimum Gasteiger partial charge on any atom is -0.327 e. The number of nitrogens with zero attached hydrogens (tertiary/aromatic N) is 4. The molecule has 5 rings (SSSR count). The first-order valence-electron chi connectivity index (χ1n) is 9.67. The minimum atomic E-state index is -3.13. The van der Waals surface area contributed by atoms with Crippen molar-refractivity contribution in [2.75, 3.05) is 16.9 Å². The van der Waals surface area contributed by atoms with Crippen LogP contribution >= 0.6 is 0 Å². The number of carbonyl (C=O) groups is 1. The number of amides is 1. The van der Waals surface area contributed by atoms with Crippen molar-refractivity contribution in [3.05, 3.63) is 53.6 Å². The molecule has 7 nitrogen and oxygen atoms in total. The number of pyridine rings is 2. The number of hydrogen-bond acceptors (Lipinski definition) is 5. The Hall–Kier alpha value is -2.74. The van der Waals surface area contributed by atoms with Crippen molar-refractivity contribution in [1.29, 1.82) is 0 Å². The Balaban J connectivity index is 1.58. The third-order valence-corrected chi connectivity index (χ3v) is 6.90. The lowest BCUT2D eigenvalue weighted by atomic mass is 9.99. The van der Waals surface area contributed by atoms with Crippen molar-refractivity contribution >= 4 is 32.5 Å². The lowest BCUT2D eigenvalue weighted by molar-refractivity contribution is -0.120. The summed E-state index contributed by atoms with van der Waals surface area (Å²) in [7, 11) is -3.13. The van der Waals surface area contributed by atoms with Crippen LogP contribution in [0.4, 0.5) is 5.69 Å². The number of anilines is 1. The number of aryl methyl sites for hydroxylation is 2. The van der Waals surface area contributed by atoms with E-state index in [1.807, 2.05) is 29.7 Å². The van der Waals surface area contributed by atoms with Gasteiger partial charge in [0.05, 0.1) is 29.6 Å². The number of sulfone groups is 1. The van der Waals surface area contributed by atoms with Crippen molar-refractivity contribution < 1.29 is 13.2 Å². The van der Waals surface area contributed by atoms with Crippen LogP contribution in [-0.2, 0) is 33.1 Å². The zero-order valence-corrected chi connectivity index (χ0v) is 17.2. The first kappa shape index (κ1) is 18.3. The van der Waals surface area contributed by atoms with Crippen LogP contribution in [-0.4, -0.2) is 40.9 Å². The normalized spacial score (nSPS) is 17.3. The molecular formula is C21H22N4O3S. The molecule has 0 saturated heterocycles. The first-order valence-corrected chi connectivity index (χ1v) is 11.7. The average molecular weight is 410 g/mol. The predicted octanol–water partition coefficient (Wildman–Crippen LogP) is 2.36. The summed E-state index contributed by atoms with van der Waals surface area (Å²) in [5, 5.41) is 0.952. The molecule has 1 aliphatic heterocycles. The van der Waals surface area contributed by atoms with Crippen LogP contribution in [0.1, 0.15) is 29.7 Å². The zero-order chi connectivity index (χ0) is 20.4. The molecule has 1 spiro atoms. The summed E-state index contributed by atoms with van der Waals surface area (Å²) in [6.45, 7) is 2.65. The molecule has 1 fully saturated rings. The van der Waals surface area contributed by atoms with Crippen molar-refractivity contribution in [3.63, 3.8) is 0 Å². The van der Waals surface area contributed by atoms with Gasteiger partial charge in [-0.3, -0.25) is 9.78 Å². The van der Waals surface area contributed by atoms with Gasteiger partial charge in [0.1, 0.15) is 15.5 Å². The van der Waals surface area contributed by atoms with Gasteiger partial charge < -0.3 is 9.47 Å². The highest BCUT2D eigenvalue weighted by Gasteiger charge is 2.59. The molecule has 29 heavy (non-hydrogen) atoms. The molecule has 0 bridgehead atoms. The summed E-state index contributed by atoms with van der Waals surface area (Å²) in [6.07, 6.45) is 8.26. The van der Waals surface area contributed by atoms with Crippen LogP contribution in [0.2, 0.25) is 0 Å². The summed E-state index contributed by atoms with van der Waals surface area (Å²) in [6, 6.07) is 6.00. The van der Waals surface area contributed by atoms with Crippen molar-refractivity contribution in [3.8, 4) is 0 Å². The third-order valence-electron chi connectivity index (χ3n) is 5.97. The largest absolute Gasteiger partial charge is 0.327 e. The lowest BCUT2D eigenvalue weighted by Crippen LogP contribution is -2.32. The summed E-state index contributed by atoms with van der Waals surface area (Å²) >= 11 is 0. The minimum absolute atomic E-state index is 0.0232. The number of hydrogen-bond donors (Lipinski definition) is 0. The van der Waals surface area contributed by atoms with E-state index in [4.69, 9.17) is 0 Å². The number of rotatable bonds is 5. The highest BCUT2D eigenvalue weighted by molar-refractivity contribution is 7.90. The van der Waals surface area contributed by atoms with Gasteiger partial charge in [-0.05, 0) is 49.1 Å². The highest BCUT2D eigenvalue weighted by atomic mass is 32.2. The van der Waals surface area contributed by atoms with Crippen LogP contribution in [0, 0.1) is 6.92 Å². The monoisotopic (exact) mass is 410 g/mol. The van der Waals surface area contributed by atoms with E-state index < -0.39 is 9.84 Å².